The minimum Gasteiger partial charge on any atom is -0.388 e. The summed E-state index contributed by atoms with van der Waals surface area (Å²) >= 11 is 0. The van der Waals surface area contributed by atoms with Gasteiger partial charge in [-0.3, -0.25) is 0 Å². The predicted octanol–water partition coefficient (Wildman–Crippen LogP) is 1.03. The van der Waals surface area contributed by atoms with Crippen LogP contribution in [0.2, 0.25) is 0 Å². The first-order valence-electron chi connectivity index (χ1n) is 7.25. The van der Waals surface area contributed by atoms with Gasteiger partial charge in [0.25, 0.3) is 0 Å². The molecule has 0 bridgehead atoms. The minimum atomic E-state index is -0.508. The Kier molecular flexibility index (Phi) is 3.39. The zero-order valence-electron chi connectivity index (χ0n) is 11.4. The van der Waals surface area contributed by atoms with E-state index in [1.807, 2.05) is 0 Å². The van der Waals surface area contributed by atoms with E-state index in [-0.39, 0.29) is 5.60 Å². The molecule has 0 amide bonds. The lowest BCUT2D eigenvalue weighted by atomic mass is 9.72. The Balaban J connectivity index is 1.71. The molecule has 0 aromatic carbocycles. The fourth-order valence-corrected chi connectivity index (χ4v) is 3.96. The van der Waals surface area contributed by atoms with E-state index < -0.39 is 5.60 Å². The zero-order valence-corrected chi connectivity index (χ0v) is 11.4. The first-order valence-corrected chi connectivity index (χ1v) is 7.25. The predicted molar refractivity (Wildman–Crippen MR) is 68.5 cm³/mol. The second kappa shape index (κ2) is 4.75. The Labute approximate surface area is 109 Å². The van der Waals surface area contributed by atoms with Gasteiger partial charge in [-0.25, -0.2) is 0 Å². The molecular weight excluding hydrogens is 230 g/mol. The molecule has 4 nitrogen and oxygen atoms in total. The van der Waals surface area contributed by atoms with Crippen LogP contribution in [0.25, 0.3) is 0 Å². The van der Waals surface area contributed by atoms with Gasteiger partial charge in [-0.05, 0) is 45.2 Å². The van der Waals surface area contributed by atoms with Crippen molar-refractivity contribution in [1.29, 1.82) is 0 Å². The number of nitrogens with zero attached hydrogens (tertiary/aromatic N) is 1. The maximum Gasteiger partial charge on any atom is 0.0940 e. The van der Waals surface area contributed by atoms with Gasteiger partial charge in [0.2, 0.25) is 0 Å². The van der Waals surface area contributed by atoms with E-state index >= 15 is 0 Å². The summed E-state index contributed by atoms with van der Waals surface area (Å²) in [7, 11) is 2.11. The highest BCUT2D eigenvalue weighted by atomic mass is 16.6. The number of rotatable bonds is 1. The molecule has 3 aliphatic heterocycles. The molecule has 0 aromatic heterocycles. The van der Waals surface area contributed by atoms with Crippen LogP contribution in [-0.4, -0.2) is 61.2 Å². The lowest BCUT2D eigenvalue weighted by molar-refractivity contribution is -0.156. The van der Waals surface area contributed by atoms with E-state index in [0.717, 1.165) is 65.0 Å². The van der Waals surface area contributed by atoms with Crippen LogP contribution in [0.15, 0.2) is 0 Å². The number of piperidine rings is 1. The highest BCUT2D eigenvalue weighted by Crippen LogP contribution is 2.42. The number of likely N-dealkylation sites (N-methyl/N-ethyl adjacent to an activating group) is 1. The van der Waals surface area contributed by atoms with E-state index in [1.165, 1.54) is 0 Å². The van der Waals surface area contributed by atoms with Gasteiger partial charge in [0.15, 0.2) is 0 Å². The van der Waals surface area contributed by atoms with Crippen LogP contribution in [0, 0.1) is 5.92 Å². The summed E-state index contributed by atoms with van der Waals surface area (Å²) in [6.45, 7) is 4.23. The molecule has 0 aliphatic carbocycles. The van der Waals surface area contributed by atoms with E-state index in [0.29, 0.717) is 5.92 Å². The third-order valence-electron chi connectivity index (χ3n) is 5.01. The van der Waals surface area contributed by atoms with Crippen molar-refractivity contribution in [2.75, 3.05) is 40.0 Å². The average Bonchev–Trinajstić information content (AvgIpc) is 2.77. The number of hydrogen-bond acceptors (Lipinski definition) is 4. The monoisotopic (exact) mass is 255 g/mol. The van der Waals surface area contributed by atoms with Gasteiger partial charge in [0.1, 0.15) is 0 Å². The van der Waals surface area contributed by atoms with Gasteiger partial charge < -0.3 is 19.5 Å². The summed E-state index contributed by atoms with van der Waals surface area (Å²) in [6, 6.07) is 0. The molecule has 104 valence electrons. The molecule has 1 N–H and O–H groups in total. The van der Waals surface area contributed by atoms with Crippen molar-refractivity contribution in [3.8, 4) is 0 Å². The number of aliphatic hydroxyl groups is 1. The van der Waals surface area contributed by atoms with Crippen LogP contribution in [-0.2, 0) is 9.47 Å². The van der Waals surface area contributed by atoms with Gasteiger partial charge in [0, 0.05) is 26.2 Å². The van der Waals surface area contributed by atoms with Crippen molar-refractivity contribution in [1.82, 2.24) is 4.90 Å². The Morgan fingerprint density at radius 3 is 2.89 bits per heavy atom. The Morgan fingerprint density at radius 2 is 2.17 bits per heavy atom. The quantitative estimate of drug-likeness (QED) is 0.760. The Bertz CT molecular complexity index is 303. The van der Waals surface area contributed by atoms with Crippen LogP contribution in [0.5, 0.6) is 0 Å². The molecule has 4 heteroatoms. The lowest BCUT2D eigenvalue weighted by Crippen LogP contribution is -2.55. The number of β-amino-alcohol motifs (C(OH)–C–C–N with tert-alkyl or cyclic N) is 1. The van der Waals surface area contributed by atoms with Crippen molar-refractivity contribution in [2.45, 2.75) is 43.3 Å². The average molecular weight is 255 g/mol. The second-order valence-corrected chi connectivity index (χ2v) is 6.47. The van der Waals surface area contributed by atoms with Crippen molar-refractivity contribution in [3.05, 3.63) is 0 Å². The fraction of sp³-hybridized carbons (Fsp3) is 1.00. The molecule has 1 spiro atoms. The largest absolute Gasteiger partial charge is 0.388 e. The van der Waals surface area contributed by atoms with Crippen LogP contribution in [0.1, 0.15) is 32.1 Å². The maximum atomic E-state index is 11.0. The summed E-state index contributed by atoms with van der Waals surface area (Å²) < 4.78 is 11.5. The third-order valence-corrected chi connectivity index (χ3v) is 5.01. The number of ether oxygens (including phenoxy) is 2. The fourth-order valence-electron chi connectivity index (χ4n) is 3.96. The normalized spacial score (nSPS) is 46.7. The van der Waals surface area contributed by atoms with Crippen LogP contribution in [0.3, 0.4) is 0 Å². The Hall–Kier alpha value is -0.160. The first-order chi connectivity index (χ1) is 8.62. The Morgan fingerprint density at radius 1 is 1.28 bits per heavy atom. The molecule has 3 unspecified atom stereocenters. The molecule has 0 radical (unpaired) electrons. The second-order valence-electron chi connectivity index (χ2n) is 6.47. The summed E-state index contributed by atoms with van der Waals surface area (Å²) in [6.07, 6.45) is 5.01. The molecule has 18 heavy (non-hydrogen) atoms. The molecule has 3 saturated heterocycles. The van der Waals surface area contributed by atoms with E-state index in [9.17, 15) is 5.11 Å². The van der Waals surface area contributed by atoms with Crippen molar-refractivity contribution in [3.63, 3.8) is 0 Å². The van der Waals surface area contributed by atoms with Gasteiger partial charge in [-0.1, -0.05) is 0 Å². The molecule has 3 heterocycles. The number of hydrogen-bond donors (Lipinski definition) is 1. The van der Waals surface area contributed by atoms with Crippen LogP contribution >= 0.6 is 0 Å². The molecule has 3 aliphatic rings. The minimum absolute atomic E-state index is 0.0886. The third kappa shape index (κ3) is 2.31. The molecule has 0 saturated carbocycles. The van der Waals surface area contributed by atoms with Crippen LogP contribution < -0.4 is 0 Å². The smallest absolute Gasteiger partial charge is 0.0940 e. The first kappa shape index (κ1) is 12.9. The molecule has 3 atom stereocenters. The lowest BCUT2D eigenvalue weighted by Gasteiger charge is -2.48. The van der Waals surface area contributed by atoms with E-state index in [4.69, 9.17) is 9.47 Å². The van der Waals surface area contributed by atoms with E-state index in [1.54, 1.807) is 0 Å². The van der Waals surface area contributed by atoms with Gasteiger partial charge >= 0.3 is 0 Å². The molecular formula is C14H25NO3. The molecule has 3 fully saturated rings. The summed E-state index contributed by atoms with van der Waals surface area (Å²) in [5, 5.41) is 11.0. The van der Waals surface area contributed by atoms with Gasteiger partial charge in [-0.15, -0.1) is 0 Å². The summed E-state index contributed by atoms with van der Waals surface area (Å²) in [5.41, 5.74) is -0.596. The summed E-state index contributed by atoms with van der Waals surface area (Å²) in [4.78, 5) is 2.26. The summed E-state index contributed by atoms with van der Waals surface area (Å²) in [5.74, 6) is 0.371. The molecule has 3 rings (SSSR count). The van der Waals surface area contributed by atoms with E-state index in [2.05, 4.69) is 11.9 Å². The molecule has 0 aromatic rings. The number of likely N-dealkylation sites (tertiary alicyclic amines) is 1. The van der Waals surface area contributed by atoms with Gasteiger partial charge in [-0.2, -0.15) is 0 Å². The highest BCUT2D eigenvalue weighted by molar-refractivity contribution is 4.99. The van der Waals surface area contributed by atoms with Crippen molar-refractivity contribution >= 4 is 0 Å². The highest BCUT2D eigenvalue weighted by Gasteiger charge is 2.48. The maximum absolute atomic E-state index is 11.0. The standard InChI is InChI=1S/C14H25NO3/c1-15-6-2-4-14(16,10-15)12-3-7-18-13(9-12)5-8-17-11-13/h12,16H,2-11H2,1H3. The van der Waals surface area contributed by atoms with Crippen molar-refractivity contribution in [2.24, 2.45) is 5.92 Å². The van der Waals surface area contributed by atoms with Crippen LogP contribution in [0.4, 0.5) is 0 Å². The zero-order chi connectivity index (χ0) is 12.6. The van der Waals surface area contributed by atoms with Crippen molar-refractivity contribution < 1.29 is 14.6 Å². The topological polar surface area (TPSA) is 41.9 Å². The SMILES string of the molecule is CN1CCCC(O)(C2CCOC3(CCOC3)C2)C1. The van der Waals surface area contributed by atoms with Gasteiger partial charge in [0.05, 0.1) is 17.8 Å².